The molecule has 41 heavy (non-hydrogen) atoms. The van der Waals surface area contributed by atoms with E-state index in [4.69, 9.17) is 9.47 Å². The Morgan fingerprint density at radius 2 is 1.76 bits per heavy atom. The largest absolute Gasteiger partial charge is 0.493 e. The van der Waals surface area contributed by atoms with Crippen molar-refractivity contribution in [3.63, 3.8) is 0 Å². The molecule has 0 unspecified atom stereocenters. The smallest absolute Gasteiger partial charge is 0.287 e. The molecule has 0 fully saturated rings. The Morgan fingerprint density at radius 3 is 2.44 bits per heavy atom. The molecule has 0 radical (unpaired) electrons. The fourth-order valence-electron chi connectivity index (χ4n) is 4.21. The van der Waals surface area contributed by atoms with Crippen LogP contribution in [-0.2, 0) is 0 Å². The average Bonchev–Trinajstić information content (AvgIpc) is 3.39. The van der Waals surface area contributed by atoms with Crippen LogP contribution >= 0.6 is 0 Å². The van der Waals surface area contributed by atoms with Crippen LogP contribution in [0.25, 0.3) is 16.9 Å². The first kappa shape index (κ1) is 26.8. The molecule has 0 aliphatic rings. The van der Waals surface area contributed by atoms with Gasteiger partial charge in [-0.25, -0.2) is 10.4 Å². The van der Waals surface area contributed by atoms with Gasteiger partial charge >= 0.3 is 0 Å². The van der Waals surface area contributed by atoms with Crippen LogP contribution < -0.4 is 14.9 Å². The van der Waals surface area contributed by atoms with E-state index in [2.05, 4.69) is 44.3 Å². The Morgan fingerprint density at radius 1 is 0.976 bits per heavy atom. The summed E-state index contributed by atoms with van der Waals surface area (Å²) in [5.41, 5.74) is 7.73. The quantitative estimate of drug-likeness (QED) is 0.131. The maximum Gasteiger partial charge on any atom is 0.287 e. The summed E-state index contributed by atoms with van der Waals surface area (Å²) in [6.45, 7) is 2.04. The van der Waals surface area contributed by atoms with Gasteiger partial charge in [0.05, 0.1) is 23.9 Å². The summed E-state index contributed by atoms with van der Waals surface area (Å²) >= 11 is 0. The number of nitrogens with one attached hydrogen (secondary N) is 1. The summed E-state index contributed by atoms with van der Waals surface area (Å²) in [7, 11) is 1.48. The first-order chi connectivity index (χ1) is 19.9. The maximum absolute atomic E-state index is 12.7. The van der Waals surface area contributed by atoms with E-state index in [9.17, 15) is 14.9 Å². The number of carbonyl (C=O) groups is 1. The van der Waals surface area contributed by atoms with Crippen molar-refractivity contribution < 1.29 is 19.2 Å². The lowest BCUT2D eigenvalue weighted by Crippen LogP contribution is -2.17. The van der Waals surface area contributed by atoms with Gasteiger partial charge in [-0.15, -0.1) is 0 Å². The Hall–Kier alpha value is -5.77. The molecule has 3 aromatic carbocycles. The van der Waals surface area contributed by atoms with Crippen molar-refractivity contribution in [2.45, 2.75) is 6.92 Å². The number of methoxy groups -OCH3 is 1. The monoisotopic (exact) mass is 547 g/mol. The number of benzene rings is 3. The Kier molecular flexibility index (Phi) is 7.82. The SMILES string of the molecule is COc1cc(/C=N\NC(=O)c2ccc(-n3c(C)ccc3-c3ccccc3)cc2)ccc1Oc1ccc([N+](=O)[O-])cn1. The van der Waals surface area contributed by atoms with Crippen LogP contribution in [0.15, 0.2) is 108 Å². The summed E-state index contributed by atoms with van der Waals surface area (Å²) in [6, 6.07) is 29.4. The molecule has 5 rings (SSSR count). The lowest BCUT2D eigenvalue weighted by atomic mass is 10.1. The number of hydrazone groups is 1. The van der Waals surface area contributed by atoms with Crippen LogP contribution in [0.1, 0.15) is 21.6 Å². The van der Waals surface area contributed by atoms with Crippen LogP contribution in [-0.4, -0.2) is 33.7 Å². The summed E-state index contributed by atoms with van der Waals surface area (Å²) in [5.74, 6) is 0.586. The molecule has 0 aliphatic heterocycles. The maximum atomic E-state index is 12.7. The van der Waals surface area contributed by atoms with Crippen LogP contribution in [0.2, 0.25) is 0 Å². The molecular formula is C31H25N5O5. The number of nitro groups is 1. The van der Waals surface area contributed by atoms with Crippen LogP contribution in [0.4, 0.5) is 5.69 Å². The van der Waals surface area contributed by atoms with Crippen molar-refractivity contribution in [2.24, 2.45) is 5.10 Å². The molecule has 10 heteroatoms. The summed E-state index contributed by atoms with van der Waals surface area (Å²) in [6.07, 6.45) is 2.60. The van der Waals surface area contributed by atoms with Gasteiger partial charge in [-0.3, -0.25) is 14.9 Å². The molecule has 0 saturated carbocycles. The van der Waals surface area contributed by atoms with Crippen molar-refractivity contribution in [2.75, 3.05) is 7.11 Å². The van der Waals surface area contributed by atoms with E-state index in [0.29, 0.717) is 22.6 Å². The van der Waals surface area contributed by atoms with Gasteiger partial charge in [-0.2, -0.15) is 5.10 Å². The number of pyridine rings is 1. The molecule has 10 nitrogen and oxygen atoms in total. The van der Waals surface area contributed by atoms with Gasteiger partial charge in [0.15, 0.2) is 11.5 Å². The Labute approximate surface area is 235 Å². The van der Waals surface area contributed by atoms with E-state index in [1.165, 1.54) is 25.5 Å². The molecule has 1 N–H and O–H groups in total. The molecule has 1 amide bonds. The molecule has 5 aromatic rings. The summed E-state index contributed by atoms with van der Waals surface area (Å²) in [4.78, 5) is 26.9. The van der Waals surface area contributed by atoms with E-state index in [-0.39, 0.29) is 17.5 Å². The fourth-order valence-corrected chi connectivity index (χ4v) is 4.21. The summed E-state index contributed by atoms with van der Waals surface area (Å²) < 4.78 is 13.2. The van der Waals surface area contributed by atoms with Gasteiger partial charge in [0.25, 0.3) is 11.6 Å². The molecule has 204 valence electrons. The predicted octanol–water partition coefficient (Wildman–Crippen LogP) is 6.32. The fraction of sp³-hybridized carbons (Fsp3) is 0.0645. The van der Waals surface area contributed by atoms with Gasteiger partial charge < -0.3 is 14.0 Å². The molecule has 0 spiro atoms. The van der Waals surface area contributed by atoms with Gasteiger partial charge in [-0.1, -0.05) is 30.3 Å². The van der Waals surface area contributed by atoms with Crippen molar-refractivity contribution >= 4 is 17.8 Å². The third-order valence-electron chi connectivity index (χ3n) is 6.25. The zero-order valence-corrected chi connectivity index (χ0v) is 22.2. The molecule has 0 aliphatic carbocycles. The van der Waals surface area contributed by atoms with Gasteiger partial charge in [0, 0.05) is 29.1 Å². The van der Waals surface area contributed by atoms with Gasteiger partial charge in [0.1, 0.15) is 6.20 Å². The number of nitrogens with zero attached hydrogens (tertiary/aromatic N) is 4. The van der Waals surface area contributed by atoms with E-state index in [0.717, 1.165) is 28.8 Å². The van der Waals surface area contributed by atoms with Gasteiger partial charge in [0.2, 0.25) is 5.88 Å². The normalized spacial score (nSPS) is 10.9. The highest BCUT2D eigenvalue weighted by Gasteiger charge is 2.12. The average molecular weight is 548 g/mol. The van der Waals surface area contributed by atoms with Crippen LogP contribution in [0, 0.1) is 17.0 Å². The van der Waals surface area contributed by atoms with Crippen LogP contribution in [0.5, 0.6) is 17.4 Å². The third kappa shape index (κ3) is 6.12. The van der Waals surface area contributed by atoms with Crippen molar-refractivity contribution in [1.29, 1.82) is 0 Å². The van der Waals surface area contributed by atoms with Crippen molar-refractivity contribution in [1.82, 2.24) is 15.0 Å². The number of carbonyl (C=O) groups excluding carboxylic acids is 1. The number of aryl methyl sites for hydroxylation is 1. The number of ether oxygens (including phenoxy) is 2. The predicted molar refractivity (Wildman–Crippen MR) is 155 cm³/mol. The molecule has 2 aromatic heterocycles. The zero-order valence-electron chi connectivity index (χ0n) is 22.2. The highest BCUT2D eigenvalue weighted by molar-refractivity contribution is 5.95. The second kappa shape index (κ2) is 12.0. The van der Waals surface area contributed by atoms with E-state index in [1.807, 2.05) is 37.3 Å². The van der Waals surface area contributed by atoms with Gasteiger partial charge in [-0.05, 0) is 72.6 Å². The molecule has 2 heterocycles. The van der Waals surface area contributed by atoms with E-state index in [1.54, 1.807) is 30.3 Å². The first-order valence-electron chi connectivity index (χ1n) is 12.6. The lowest BCUT2D eigenvalue weighted by molar-refractivity contribution is -0.385. The first-order valence-corrected chi connectivity index (χ1v) is 12.6. The molecule has 0 saturated heterocycles. The zero-order chi connectivity index (χ0) is 28.8. The highest BCUT2D eigenvalue weighted by atomic mass is 16.6. The number of hydrogen-bond donors (Lipinski definition) is 1. The van der Waals surface area contributed by atoms with Crippen molar-refractivity contribution in [3.8, 4) is 34.3 Å². The molecular weight excluding hydrogens is 522 g/mol. The molecule has 0 atom stereocenters. The second-order valence-electron chi connectivity index (χ2n) is 8.93. The number of amides is 1. The van der Waals surface area contributed by atoms with Crippen LogP contribution in [0.3, 0.4) is 0 Å². The number of hydrogen-bond acceptors (Lipinski definition) is 7. The van der Waals surface area contributed by atoms with E-state index < -0.39 is 4.92 Å². The standard InChI is InChI=1S/C31H25N5O5/c1-21-8-15-27(23-6-4-3-5-7-23)35(21)25-12-10-24(11-13-25)31(37)34-33-19-22-9-16-28(29(18-22)40-2)41-30-17-14-26(20-32-30)36(38)39/h3-20H,1-2H3,(H,34,37)/b33-19-. The topological polar surface area (TPSA) is 121 Å². The molecule has 0 bridgehead atoms. The Bertz CT molecular complexity index is 1710. The van der Waals surface area contributed by atoms with Crippen molar-refractivity contribution in [3.05, 3.63) is 130 Å². The highest BCUT2D eigenvalue weighted by Crippen LogP contribution is 2.32. The third-order valence-corrected chi connectivity index (χ3v) is 6.25. The Balaban J connectivity index is 1.24. The lowest BCUT2D eigenvalue weighted by Gasteiger charge is -2.12. The van der Waals surface area contributed by atoms with E-state index >= 15 is 0 Å². The minimum atomic E-state index is -0.536. The minimum absolute atomic E-state index is 0.137. The summed E-state index contributed by atoms with van der Waals surface area (Å²) in [5, 5.41) is 14.9. The second-order valence-corrected chi connectivity index (χ2v) is 8.93. The minimum Gasteiger partial charge on any atom is -0.493 e. The number of aromatic nitrogens is 2. The number of rotatable bonds is 9.